The number of hydrogen-bond acceptors (Lipinski definition) is 3. The number of nitrogens with zero attached hydrogens (tertiary/aromatic N) is 1. The lowest BCUT2D eigenvalue weighted by Crippen LogP contribution is -2.08. The standard InChI is InChI=1S/C10H13N2PS3/c1-3-16-10-8-6-4-5-7-9(8)11-13(14,12-10)15-2/h4-7H,3H2,1-2H3,(H,11,12,14). The first kappa shape index (κ1) is 12.5. The highest BCUT2D eigenvalue weighted by atomic mass is 32.9. The van der Waals surface area contributed by atoms with E-state index in [9.17, 15) is 0 Å². The fourth-order valence-corrected chi connectivity index (χ4v) is 5.63. The second-order valence-corrected chi connectivity index (χ2v) is 11.2. The third kappa shape index (κ3) is 2.48. The maximum atomic E-state index is 5.58. The molecule has 0 bridgehead atoms. The summed E-state index contributed by atoms with van der Waals surface area (Å²) in [6.07, 6.45) is 2.03. The molecule has 2 nitrogen and oxygen atoms in total. The van der Waals surface area contributed by atoms with Gasteiger partial charge >= 0.3 is 0 Å². The van der Waals surface area contributed by atoms with Crippen molar-refractivity contribution in [1.29, 1.82) is 0 Å². The molecular formula is C10H13N2PS3. The Kier molecular flexibility index (Phi) is 4.01. The van der Waals surface area contributed by atoms with E-state index in [1.54, 1.807) is 23.1 Å². The summed E-state index contributed by atoms with van der Waals surface area (Å²) >= 11 is 9.01. The third-order valence-corrected chi connectivity index (χ3v) is 8.52. The first-order valence-corrected chi connectivity index (χ1v) is 10.5. The molecule has 0 saturated carbocycles. The maximum absolute atomic E-state index is 5.58. The Hall–Kier alpha value is 0.0400. The summed E-state index contributed by atoms with van der Waals surface area (Å²) in [5, 5.41) is 4.49. The molecule has 1 aromatic carbocycles. The number of rotatable bonds is 2. The summed E-state index contributed by atoms with van der Waals surface area (Å²) < 4.78 is 4.72. The van der Waals surface area contributed by atoms with Crippen molar-refractivity contribution >= 4 is 51.2 Å². The van der Waals surface area contributed by atoms with Crippen LogP contribution >= 0.6 is 28.7 Å². The molecule has 1 aliphatic rings. The molecule has 1 N–H and O–H groups in total. The molecule has 1 aliphatic heterocycles. The minimum Gasteiger partial charge on any atom is -0.332 e. The van der Waals surface area contributed by atoms with Crippen LogP contribution in [0.5, 0.6) is 0 Å². The summed E-state index contributed by atoms with van der Waals surface area (Å²) in [7, 11) is 0. The summed E-state index contributed by atoms with van der Waals surface area (Å²) in [6.45, 7) is 2.14. The topological polar surface area (TPSA) is 24.4 Å². The van der Waals surface area contributed by atoms with Crippen LogP contribution in [-0.2, 0) is 11.8 Å². The van der Waals surface area contributed by atoms with Gasteiger partial charge in [-0.15, -0.1) is 11.8 Å². The molecular weight excluding hydrogens is 275 g/mol. The van der Waals surface area contributed by atoms with Gasteiger partial charge in [-0.1, -0.05) is 36.5 Å². The zero-order chi connectivity index (χ0) is 11.6. The summed E-state index contributed by atoms with van der Waals surface area (Å²) in [6, 6.07) is 8.26. The fourth-order valence-electron chi connectivity index (χ4n) is 1.45. The molecule has 2 rings (SSSR count). The van der Waals surface area contributed by atoms with E-state index in [1.807, 2.05) is 18.4 Å². The van der Waals surface area contributed by atoms with Crippen LogP contribution in [0.1, 0.15) is 12.5 Å². The molecule has 1 atom stereocenters. The van der Waals surface area contributed by atoms with Crippen LogP contribution in [0.3, 0.4) is 0 Å². The average molecular weight is 288 g/mol. The van der Waals surface area contributed by atoms with Crippen molar-refractivity contribution in [1.82, 2.24) is 0 Å². The second-order valence-electron chi connectivity index (χ2n) is 3.20. The second kappa shape index (κ2) is 5.13. The van der Waals surface area contributed by atoms with E-state index in [2.05, 4.69) is 24.1 Å². The van der Waals surface area contributed by atoms with Crippen molar-refractivity contribution < 1.29 is 0 Å². The Balaban J connectivity index is 2.49. The van der Waals surface area contributed by atoms with Crippen LogP contribution < -0.4 is 5.09 Å². The third-order valence-electron chi connectivity index (χ3n) is 2.17. The number of thioether (sulfide) groups is 1. The number of para-hydroxylation sites is 1. The monoisotopic (exact) mass is 288 g/mol. The zero-order valence-corrected chi connectivity index (χ0v) is 12.5. The Labute approximate surface area is 110 Å². The van der Waals surface area contributed by atoms with Gasteiger partial charge in [0.25, 0.3) is 0 Å². The smallest absolute Gasteiger partial charge is 0.196 e. The van der Waals surface area contributed by atoms with Gasteiger partial charge in [-0.2, -0.15) is 0 Å². The lowest BCUT2D eigenvalue weighted by Gasteiger charge is -2.26. The molecule has 1 aromatic rings. The van der Waals surface area contributed by atoms with Gasteiger partial charge in [0.1, 0.15) is 5.04 Å². The van der Waals surface area contributed by atoms with E-state index in [0.29, 0.717) is 0 Å². The van der Waals surface area contributed by atoms with Gasteiger partial charge in [0.2, 0.25) is 0 Å². The number of anilines is 1. The molecule has 6 heteroatoms. The lowest BCUT2D eigenvalue weighted by atomic mass is 10.2. The molecule has 0 saturated heterocycles. The van der Waals surface area contributed by atoms with Crippen molar-refractivity contribution in [3.8, 4) is 0 Å². The van der Waals surface area contributed by atoms with Gasteiger partial charge in [-0.25, -0.2) is 4.76 Å². The van der Waals surface area contributed by atoms with Crippen LogP contribution in [0.2, 0.25) is 0 Å². The molecule has 0 aromatic heterocycles. The van der Waals surface area contributed by atoms with Gasteiger partial charge in [-0.05, 0) is 29.9 Å². The summed E-state index contributed by atoms with van der Waals surface area (Å²) in [4.78, 5) is 0. The zero-order valence-electron chi connectivity index (χ0n) is 9.14. The number of fused-ring (bicyclic) bond motifs is 1. The Morgan fingerprint density at radius 2 is 2.19 bits per heavy atom. The van der Waals surface area contributed by atoms with Crippen LogP contribution in [0, 0.1) is 0 Å². The van der Waals surface area contributed by atoms with Crippen molar-refractivity contribution in [2.24, 2.45) is 4.76 Å². The van der Waals surface area contributed by atoms with E-state index >= 15 is 0 Å². The quantitative estimate of drug-likeness (QED) is 0.824. The molecule has 0 radical (unpaired) electrons. The highest BCUT2D eigenvalue weighted by molar-refractivity contribution is 8.70. The predicted molar refractivity (Wildman–Crippen MR) is 82.5 cm³/mol. The van der Waals surface area contributed by atoms with Crippen LogP contribution in [0.4, 0.5) is 5.69 Å². The molecule has 1 unspecified atom stereocenters. The molecule has 16 heavy (non-hydrogen) atoms. The summed E-state index contributed by atoms with van der Waals surface area (Å²) in [5.74, 6) is 1.02. The van der Waals surface area contributed by atoms with Crippen LogP contribution in [0.15, 0.2) is 29.0 Å². The molecule has 0 spiro atoms. The number of benzene rings is 1. The molecule has 1 heterocycles. The molecule has 0 amide bonds. The molecule has 86 valence electrons. The Morgan fingerprint density at radius 1 is 1.44 bits per heavy atom. The lowest BCUT2D eigenvalue weighted by molar-refractivity contribution is 1.53. The first-order chi connectivity index (χ1) is 7.68. The van der Waals surface area contributed by atoms with Gasteiger partial charge in [0.15, 0.2) is 5.54 Å². The van der Waals surface area contributed by atoms with Gasteiger partial charge in [-0.3, -0.25) is 0 Å². The molecule has 0 aliphatic carbocycles. The van der Waals surface area contributed by atoms with Crippen LogP contribution in [-0.4, -0.2) is 17.1 Å². The highest BCUT2D eigenvalue weighted by Crippen LogP contribution is 2.61. The van der Waals surface area contributed by atoms with Crippen molar-refractivity contribution in [3.05, 3.63) is 29.8 Å². The number of hydrogen-bond donors (Lipinski definition) is 1. The Morgan fingerprint density at radius 3 is 2.88 bits per heavy atom. The highest BCUT2D eigenvalue weighted by Gasteiger charge is 2.24. The summed E-state index contributed by atoms with van der Waals surface area (Å²) in [5.41, 5.74) is 0.469. The van der Waals surface area contributed by atoms with E-state index in [-0.39, 0.29) is 0 Å². The molecule has 0 fully saturated rings. The average Bonchev–Trinajstić information content (AvgIpc) is 2.29. The SMILES string of the molecule is CCSC1=NP(=S)(SC)Nc2ccccc21. The van der Waals surface area contributed by atoms with E-state index in [0.717, 1.165) is 16.5 Å². The fraction of sp³-hybridized carbons (Fsp3) is 0.300. The first-order valence-electron chi connectivity index (χ1n) is 4.95. The minimum atomic E-state index is -1.85. The van der Waals surface area contributed by atoms with E-state index in [1.165, 1.54) is 5.56 Å². The van der Waals surface area contributed by atoms with Crippen molar-refractivity contribution in [2.75, 3.05) is 17.1 Å². The van der Waals surface area contributed by atoms with Crippen LogP contribution in [0.25, 0.3) is 0 Å². The number of nitrogens with one attached hydrogen (secondary N) is 1. The normalized spacial score (nSPS) is 23.2. The van der Waals surface area contributed by atoms with E-state index < -0.39 is 5.54 Å². The van der Waals surface area contributed by atoms with Crippen molar-refractivity contribution in [2.45, 2.75) is 6.92 Å². The minimum absolute atomic E-state index is 1.02. The van der Waals surface area contributed by atoms with Gasteiger partial charge < -0.3 is 5.09 Å². The van der Waals surface area contributed by atoms with Crippen molar-refractivity contribution in [3.63, 3.8) is 0 Å². The predicted octanol–water partition coefficient (Wildman–Crippen LogP) is 4.20. The maximum Gasteiger partial charge on any atom is 0.196 e. The van der Waals surface area contributed by atoms with E-state index in [4.69, 9.17) is 16.6 Å². The van der Waals surface area contributed by atoms with Gasteiger partial charge in [0, 0.05) is 11.3 Å². The Bertz CT molecular complexity index is 473. The largest absolute Gasteiger partial charge is 0.332 e. The van der Waals surface area contributed by atoms with Gasteiger partial charge in [0.05, 0.1) is 0 Å².